The molecule has 1 aliphatic rings. The molecule has 38 heavy (non-hydrogen) atoms. The van der Waals surface area contributed by atoms with Gasteiger partial charge in [-0.1, -0.05) is 23.7 Å². The fourth-order valence-electron chi connectivity index (χ4n) is 4.05. The molecule has 0 atom stereocenters. The molecule has 1 aromatic heterocycles. The Balaban J connectivity index is 1.53. The van der Waals surface area contributed by atoms with E-state index in [1.807, 2.05) is 6.92 Å². The van der Waals surface area contributed by atoms with Gasteiger partial charge >= 0.3 is 0 Å². The molecule has 10 heteroatoms. The second kappa shape index (κ2) is 11.0. The van der Waals surface area contributed by atoms with Crippen LogP contribution in [-0.4, -0.2) is 46.9 Å². The van der Waals surface area contributed by atoms with Gasteiger partial charge < -0.3 is 19.7 Å². The summed E-state index contributed by atoms with van der Waals surface area (Å²) in [7, 11) is 0. The van der Waals surface area contributed by atoms with Crippen molar-refractivity contribution in [2.75, 3.05) is 31.6 Å². The fraction of sp³-hybridized carbons (Fsp3) is 0.179. The summed E-state index contributed by atoms with van der Waals surface area (Å²) in [5.74, 6) is -0.0286. The minimum Gasteiger partial charge on any atom is -0.453 e. The number of carbonyl (C=O) groups excluding carboxylic acids is 1. The Morgan fingerprint density at radius 1 is 1.08 bits per heavy atom. The Hall–Kier alpha value is -4.21. The van der Waals surface area contributed by atoms with Crippen molar-refractivity contribution in [1.82, 2.24) is 14.7 Å². The van der Waals surface area contributed by atoms with Crippen LogP contribution in [0.4, 0.5) is 15.8 Å². The smallest absolute Gasteiger partial charge is 0.299 e. The Labute approximate surface area is 223 Å². The first kappa shape index (κ1) is 25.4. The number of ether oxygens (including phenoxy) is 2. The van der Waals surface area contributed by atoms with Crippen molar-refractivity contribution in [3.05, 3.63) is 105 Å². The standard InChI is InChI=1S/C28H24ClFN4O4/c1-18-14-23(8-9-24(18)29)38-25-17-31-34(22-7-3-5-20(30)16-22)28(36)26(25)32-21-6-2-4-19(15-21)27(35)33-10-12-37-13-11-33/h2-9,14-17,32H,10-13H2,1H3. The molecule has 2 heterocycles. The van der Waals surface area contributed by atoms with E-state index in [0.29, 0.717) is 48.3 Å². The van der Waals surface area contributed by atoms with Crippen LogP contribution in [-0.2, 0) is 4.74 Å². The maximum absolute atomic E-state index is 13.9. The highest BCUT2D eigenvalue weighted by Gasteiger charge is 2.20. The molecule has 0 unspecified atom stereocenters. The number of carbonyl (C=O) groups is 1. The summed E-state index contributed by atoms with van der Waals surface area (Å²) in [5.41, 5.74) is 1.51. The van der Waals surface area contributed by atoms with Crippen LogP contribution in [0.1, 0.15) is 15.9 Å². The van der Waals surface area contributed by atoms with Gasteiger partial charge in [0.05, 0.1) is 25.1 Å². The van der Waals surface area contributed by atoms with Crippen LogP contribution < -0.4 is 15.6 Å². The highest BCUT2D eigenvalue weighted by Crippen LogP contribution is 2.31. The van der Waals surface area contributed by atoms with E-state index in [2.05, 4.69) is 10.4 Å². The second-order valence-corrected chi connectivity index (χ2v) is 9.11. The van der Waals surface area contributed by atoms with Crippen LogP contribution in [0.5, 0.6) is 11.5 Å². The van der Waals surface area contributed by atoms with Crippen molar-refractivity contribution in [1.29, 1.82) is 0 Å². The van der Waals surface area contributed by atoms with Gasteiger partial charge in [-0.15, -0.1) is 0 Å². The highest BCUT2D eigenvalue weighted by molar-refractivity contribution is 6.31. The molecule has 4 aromatic rings. The maximum Gasteiger partial charge on any atom is 0.299 e. The topological polar surface area (TPSA) is 85.7 Å². The number of amides is 1. The van der Waals surface area contributed by atoms with E-state index < -0.39 is 11.4 Å². The van der Waals surface area contributed by atoms with Gasteiger partial charge in [-0.25, -0.2) is 4.39 Å². The predicted octanol–water partition coefficient (Wildman–Crippen LogP) is 5.34. The molecule has 1 aliphatic heterocycles. The van der Waals surface area contributed by atoms with Gasteiger partial charge in [0.1, 0.15) is 11.6 Å². The summed E-state index contributed by atoms with van der Waals surface area (Å²) in [5, 5.41) is 7.89. The minimum atomic E-state index is -0.566. The van der Waals surface area contributed by atoms with Gasteiger partial charge in [0.25, 0.3) is 11.5 Å². The molecule has 1 saturated heterocycles. The molecule has 8 nitrogen and oxygen atoms in total. The lowest BCUT2D eigenvalue weighted by Gasteiger charge is -2.27. The molecule has 194 valence electrons. The van der Waals surface area contributed by atoms with Gasteiger partial charge in [-0.05, 0) is 67.1 Å². The molecule has 0 aliphatic carbocycles. The second-order valence-electron chi connectivity index (χ2n) is 8.70. The monoisotopic (exact) mass is 534 g/mol. The molecule has 1 N–H and O–H groups in total. The summed E-state index contributed by atoms with van der Waals surface area (Å²) in [6.07, 6.45) is 1.38. The van der Waals surface area contributed by atoms with Crippen molar-refractivity contribution in [3.63, 3.8) is 0 Å². The third kappa shape index (κ3) is 5.53. The number of hydrogen-bond acceptors (Lipinski definition) is 6. The average Bonchev–Trinajstić information content (AvgIpc) is 2.93. The van der Waals surface area contributed by atoms with E-state index in [1.165, 1.54) is 24.4 Å². The van der Waals surface area contributed by atoms with Crippen LogP contribution in [0.3, 0.4) is 0 Å². The first-order valence-corrected chi connectivity index (χ1v) is 12.3. The van der Waals surface area contributed by atoms with Gasteiger partial charge in [-0.2, -0.15) is 9.78 Å². The van der Waals surface area contributed by atoms with Crippen LogP contribution in [0, 0.1) is 12.7 Å². The Morgan fingerprint density at radius 3 is 2.63 bits per heavy atom. The first-order chi connectivity index (χ1) is 18.4. The molecule has 1 fully saturated rings. The molecule has 0 bridgehead atoms. The molecule has 1 amide bonds. The summed E-state index contributed by atoms with van der Waals surface area (Å²) in [6, 6.07) is 17.5. The molecule has 5 rings (SSSR count). The maximum atomic E-state index is 13.9. The van der Waals surface area contributed by atoms with Crippen molar-refractivity contribution in [2.24, 2.45) is 0 Å². The van der Waals surface area contributed by atoms with E-state index in [-0.39, 0.29) is 23.0 Å². The zero-order chi connectivity index (χ0) is 26.6. The fourth-order valence-corrected chi connectivity index (χ4v) is 4.17. The first-order valence-electron chi connectivity index (χ1n) is 12.0. The lowest BCUT2D eigenvalue weighted by Crippen LogP contribution is -2.40. The SMILES string of the molecule is Cc1cc(Oc2cnn(-c3cccc(F)c3)c(=O)c2Nc2cccc(C(=O)N3CCOCC3)c2)ccc1Cl. The van der Waals surface area contributed by atoms with Crippen LogP contribution in [0.25, 0.3) is 5.69 Å². The van der Waals surface area contributed by atoms with Gasteiger partial charge in [0.15, 0.2) is 11.4 Å². The lowest BCUT2D eigenvalue weighted by molar-refractivity contribution is 0.0303. The van der Waals surface area contributed by atoms with Crippen molar-refractivity contribution in [2.45, 2.75) is 6.92 Å². The van der Waals surface area contributed by atoms with Crippen molar-refractivity contribution >= 4 is 28.9 Å². The number of aromatic nitrogens is 2. The number of hydrogen-bond donors (Lipinski definition) is 1. The van der Waals surface area contributed by atoms with Crippen molar-refractivity contribution < 1.29 is 18.7 Å². The van der Waals surface area contributed by atoms with Crippen LogP contribution in [0.15, 0.2) is 77.7 Å². The summed E-state index contributed by atoms with van der Waals surface area (Å²) >= 11 is 6.14. The molecular formula is C28H24ClFN4O4. The van der Waals surface area contributed by atoms with E-state index in [1.54, 1.807) is 53.4 Å². The quantitative estimate of drug-likeness (QED) is 0.359. The number of morpholine rings is 1. The van der Waals surface area contributed by atoms with Gasteiger partial charge in [0.2, 0.25) is 0 Å². The number of benzene rings is 3. The Morgan fingerprint density at radius 2 is 1.87 bits per heavy atom. The van der Waals surface area contributed by atoms with E-state index in [0.717, 1.165) is 10.2 Å². The number of nitrogens with zero attached hydrogens (tertiary/aromatic N) is 3. The van der Waals surface area contributed by atoms with Crippen LogP contribution >= 0.6 is 11.6 Å². The predicted molar refractivity (Wildman–Crippen MR) is 143 cm³/mol. The normalized spacial score (nSPS) is 13.3. The zero-order valence-corrected chi connectivity index (χ0v) is 21.2. The number of halogens is 2. The molecule has 0 radical (unpaired) electrons. The minimum absolute atomic E-state index is 0.0628. The third-order valence-corrected chi connectivity index (χ3v) is 6.45. The average molecular weight is 535 g/mol. The number of anilines is 2. The molecule has 0 spiro atoms. The molecule has 0 saturated carbocycles. The summed E-state index contributed by atoms with van der Waals surface area (Å²) in [4.78, 5) is 28.3. The van der Waals surface area contributed by atoms with E-state index in [4.69, 9.17) is 21.1 Å². The number of rotatable bonds is 6. The van der Waals surface area contributed by atoms with Crippen LogP contribution in [0.2, 0.25) is 5.02 Å². The van der Waals surface area contributed by atoms with Crippen molar-refractivity contribution in [3.8, 4) is 17.2 Å². The molecular weight excluding hydrogens is 511 g/mol. The van der Waals surface area contributed by atoms with E-state index in [9.17, 15) is 14.0 Å². The van der Waals surface area contributed by atoms with Gasteiger partial charge in [0, 0.05) is 29.4 Å². The zero-order valence-electron chi connectivity index (χ0n) is 20.5. The Bertz CT molecular complexity index is 1550. The molecule has 3 aromatic carbocycles. The largest absolute Gasteiger partial charge is 0.453 e. The lowest BCUT2D eigenvalue weighted by atomic mass is 10.1. The highest BCUT2D eigenvalue weighted by atomic mass is 35.5. The number of aryl methyl sites for hydroxylation is 1. The third-order valence-electron chi connectivity index (χ3n) is 6.03. The van der Waals surface area contributed by atoms with Gasteiger partial charge in [-0.3, -0.25) is 9.59 Å². The number of nitrogens with one attached hydrogen (secondary N) is 1. The summed E-state index contributed by atoms with van der Waals surface area (Å²) in [6.45, 7) is 3.84. The van der Waals surface area contributed by atoms with E-state index >= 15 is 0 Å². The Kier molecular flexibility index (Phi) is 7.39. The summed E-state index contributed by atoms with van der Waals surface area (Å²) < 4.78 is 26.3.